The Balaban J connectivity index is 2.27. The zero-order valence-electron chi connectivity index (χ0n) is 13.2. The zero-order chi connectivity index (χ0) is 15.9. The van der Waals surface area contributed by atoms with Gasteiger partial charge in [0.25, 0.3) is 0 Å². The summed E-state index contributed by atoms with van der Waals surface area (Å²) >= 11 is 0. The summed E-state index contributed by atoms with van der Waals surface area (Å²) in [6.45, 7) is 7.78. The Morgan fingerprint density at radius 3 is 2.33 bits per heavy atom. The van der Waals surface area contributed by atoms with Gasteiger partial charge in [-0.1, -0.05) is 25.1 Å². The molecule has 1 atom stereocenters. The molecule has 0 unspecified atom stereocenters. The molecule has 0 heterocycles. The van der Waals surface area contributed by atoms with Gasteiger partial charge in [0.2, 0.25) is 0 Å². The monoisotopic (exact) mass is 292 g/mol. The molecule has 0 saturated carbocycles. The topological polar surface area (TPSA) is 52.6 Å². The Morgan fingerprint density at radius 1 is 1.14 bits per heavy atom. The highest BCUT2D eigenvalue weighted by atomic mass is 16.6. The third-order valence-corrected chi connectivity index (χ3v) is 2.77. The van der Waals surface area contributed by atoms with Crippen LogP contribution in [0.3, 0.4) is 0 Å². The van der Waals surface area contributed by atoms with E-state index >= 15 is 0 Å². The summed E-state index contributed by atoms with van der Waals surface area (Å²) in [6.07, 6.45) is 0.971. The molecule has 0 saturated heterocycles. The fraction of sp³-hybridized carbons (Fsp3) is 0.529. The van der Waals surface area contributed by atoms with Crippen LogP contribution in [-0.2, 0) is 14.3 Å². The number of hydrogen-bond donors (Lipinski definition) is 0. The molecule has 0 N–H and O–H groups in total. The van der Waals surface area contributed by atoms with Crippen molar-refractivity contribution in [3.8, 4) is 0 Å². The Hall–Kier alpha value is -1.84. The molecular weight excluding hydrogens is 268 g/mol. The third-order valence-electron chi connectivity index (χ3n) is 2.77. The molecule has 0 aromatic heterocycles. The van der Waals surface area contributed by atoms with Crippen molar-refractivity contribution in [1.82, 2.24) is 0 Å². The number of benzene rings is 1. The average Bonchev–Trinajstić information content (AvgIpc) is 2.41. The fourth-order valence-electron chi connectivity index (χ4n) is 1.72. The van der Waals surface area contributed by atoms with E-state index in [9.17, 15) is 9.59 Å². The van der Waals surface area contributed by atoms with Crippen LogP contribution in [0.15, 0.2) is 30.3 Å². The van der Waals surface area contributed by atoms with Crippen molar-refractivity contribution in [2.24, 2.45) is 5.92 Å². The Morgan fingerprint density at radius 2 is 1.76 bits per heavy atom. The highest BCUT2D eigenvalue weighted by molar-refractivity contribution is 5.89. The first-order chi connectivity index (χ1) is 9.78. The molecule has 4 heteroatoms. The molecule has 0 radical (unpaired) electrons. The van der Waals surface area contributed by atoms with E-state index in [4.69, 9.17) is 9.47 Å². The second kappa shape index (κ2) is 7.81. The molecule has 1 aromatic carbocycles. The van der Waals surface area contributed by atoms with Gasteiger partial charge in [0, 0.05) is 6.42 Å². The summed E-state index contributed by atoms with van der Waals surface area (Å²) in [5, 5.41) is 0. The molecule has 0 bridgehead atoms. The van der Waals surface area contributed by atoms with Gasteiger partial charge in [-0.15, -0.1) is 0 Å². The van der Waals surface area contributed by atoms with Gasteiger partial charge in [0.15, 0.2) is 0 Å². The molecule has 0 aliphatic rings. The van der Waals surface area contributed by atoms with Crippen molar-refractivity contribution in [3.05, 3.63) is 35.9 Å². The van der Waals surface area contributed by atoms with Crippen molar-refractivity contribution in [3.63, 3.8) is 0 Å². The smallest absolute Gasteiger partial charge is 0.338 e. The molecule has 0 spiro atoms. The van der Waals surface area contributed by atoms with Crippen molar-refractivity contribution >= 4 is 11.9 Å². The van der Waals surface area contributed by atoms with Crippen LogP contribution < -0.4 is 0 Å². The van der Waals surface area contributed by atoms with Gasteiger partial charge < -0.3 is 9.47 Å². The molecule has 0 aliphatic carbocycles. The van der Waals surface area contributed by atoms with E-state index in [1.807, 2.05) is 33.8 Å². The molecule has 0 fully saturated rings. The van der Waals surface area contributed by atoms with Crippen LogP contribution in [0.4, 0.5) is 0 Å². The van der Waals surface area contributed by atoms with Crippen LogP contribution in [0.25, 0.3) is 0 Å². The van der Waals surface area contributed by atoms with Gasteiger partial charge in [-0.05, 0) is 45.2 Å². The second-order valence-electron chi connectivity index (χ2n) is 6.19. The Kier molecular flexibility index (Phi) is 6.40. The maximum atomic E-state index is 11.8. The summed E-state index contributed by atoms with van der Waals surface area (Å²) in [7, 11) is 0. The van der Waals surface area contributed by atoms with Crippen molar-refractivity contribution < 1.29 is 19.1 Å². The lowest BCUT2D eigenvalue weighted by atomic mass is 10.1. The second-order valence-corrected chi connectivity index (χ2v) is 6.19. The highest BCUT2D eigenvalue weighted by Gasteiger charge is 2.17. The van der Waals surface area contributed by atoms with E-state index in [0.717, 1.165) is 0 Å². The van der Waals surface area contributed by atoms with Crippen LogP contribution in [0.1, 0.15) is 50.9 Å². The standard InChI is InChI=1S/C17H24O4/c1-13(10-11-15(18)21-17(2,3)4)12-20-16(19)14-8-6-5-7-9-14/h5-9,13H,10-12H2,1-4H3/t13-/m1/s1. The zero-order valence-corrected chi connectivity index (χ0v) is 13.2. The van der Waals surface area contributed by atoms with Crippen LogP contribution in [0.2, 0.25) is 0 Å². The van der Waals surface area contributed by atoms with E-state index < -0.39 is 5.60 Å². The SMILES string of the molecule is C[C@H](CCC(=O)OC(C)(C)C)COC(=O)c1ccccc1. The molecule has 0 amide bonds. The molecule has 1 rings (SSSR count). The summed E-state index contributed by atoms with van der Waals surface area (Å²) in [4.78, 5) is 23.4. The summed E-state index contributed by atoms with van der Waals surface area (Å²) < 4.78 is 10.5. The van der Waals surface area contributed by atoms with Gasteiger partial charge in [-0.2, -0.15) is 0 Å². The predicted octanol–water partition coefficient (Wildman–Crippen LogP) is 3.60. The third kappa shape index (κ3) is 7.49. The molecule has 116 valence electrons. The quantitative estimate of drug-likeness (QED) is 0.752. The summed E-state index contributed by atoms with van der Waals surface area (Å²) in [5.74, 6) is -0.436. The molecule has 21 heavy (non-hydrogen) atoms. The lowest BCUT2D eigenvalue weighted by molar-refractivity contribution is -0.155. The minimum Gasteiger partial charge on any atom is -0.462 e. The maximum Gasteiger partial charge on any atom is 0.338 e. The van der Waals surface area contributed by atoms with Gasteiger partial charge in [-0.25, -0.2) is 4.79 Å². The van der Waals surface area contributed by atoms with Crippen LogP contribution in [-0.4, -0.2) is 24.1 Å². The Labute approximate surface area is 126 Å². The highest BCUT2D eigenvalue weighted by Crippen LogP contribution is 2.13. The minimum absolute atomic E-state index is 0.116. The minimum atomic E-state index is -0.458. The first-order valence-corrected chi connectivity index (χ1v) is 7.22. The van der Waals surface area contributed by atoms with Crippen LogP contribution in [0.5, 0.6) is 0 Å². The number of esters is 2. The largest absolute Gasteiger partial charge is 0.462 e. The van der Waals surface area contributed by atoms with E-state index in [1.165, 1.54) is 0 Å². The van der Waals surface area contributed by atoms with Gasteiger partial charge in [0.05, 0.1) is 12.2 Å². The van der Waals surface area contributed by atoms with Crippen molar-refractivity contribution in [2.45, 2.75) is 46.1 Å². The lowest BCUT2D eigenvalue weighted by Crippen LogP contribution is -2.24. The van der Waals surface area contributed by atoms with Gasteiger partial charge in [0.1, 0.15) is 5.60 Å². The average molecular weight is 292 g/mol. The van der Waals surface area contributed by atoms with Gasteiger partial charge >= 0.3 is 11.9 Å². The van der Waals surface area contributed by atoms with E-state index in [1.54, 1.807) is 24.3 Å². The van der Waals surface area contributed by atoms with E-state index in [0.29, 0.717) is 25.0 Å². The summed E-state index contributed by atoms with van der Waals surface area (Å²) in [6, 6.07) is 8.87. The molecule has 1 aromatic rings. The first kappa shape index (κ1) is 17.2. The Bertz CT molecular complexity index is 459. The van der Waals surface area contributed by atoms with Crippen molar-refractivity contribution in [2.75, 3.05) is 6.61 Å². The molecular formula is C17H24O4. The fourth-order valence-corrected chi connectivity index (χ4v) is 1.72. The maximum absolute atomic E-state index is 11.8. The lowest BCUT2D eigenvalue weighted by Gasteiger charge is -2.20. The molecule has 4 nitrogen and oxygen atoms in total. The van der Waals surface area contributed by atoms with Crippen LogP contribution >= 0.6 is 0 Å². The molecule has 0 aliphatic heterocycles. The van der Waals surface area contributed by atoms with Gasteiger partial charge in [-0.3, -0.25) is 4.79 Å². The number of hydrogen-bond acceptors (Lipinski definition) is 4. The van der Waals surface area contributed by atoms with E-state index in [2.05, 4.69) is 0 Å². The number of ether oxygens (including phenoxy) is 2. The predicted molar refractivity (Wildman–Crippen MR) is 81.0 cm³/mol. The number of rotatable bonds is 6. The number of carbonyl (C=O) groups is 2. The first-order valence-electron chi connectivity index (χ1n) is 7.22. The van der Waals surface area contributed by atoms with Crippen molar-refractivity contribution in [1.29, 1.82) is 0 Å². The normalized spacial score (nSPS) is 12.6. The summed E-state index contributed by atoms with van der Waals surface area (Å²) in [5.41, 5.74) is 0.0805. The van der Waals surface area contributed by atoms with E-state index in [-0.39, 0.29) is 17.9 Å². The van der Waals surface area contributed by atoms with Crippen LogP contribution in [0, 0.1) is 5.92 Å². The number of carbonyl (C=O) groups excluding carboxylic acids is 2.